The monoisotopic (exact) mass is 214 g/mol. The summed E-state index contributed by atoms with van der Waals surface area (Å²) >= 11 is 0. The Kier molecular flexibility index (Phi) is 5.42. The van der Waals surface area contributed by atoms with E-state index in [1.165, 1.54) is 25.9 Å². The first-order valence-corrected chi connectivity index (χ1v) is 5.58. The molecule has 0 aromatic heterocycles. The third kappa shape index (κ3) is 4.99. The van der Waals surface area contributed by atoms with Gasteiger partial charge in [0.25, 0.3) is 0 Å². The van der Waals surface area contributed by atoms with Crippen molar-refractivity contribution in [3.63, 3.8) is 0 Å². The fourth-order valence-corrected chi connectivity index (χ4v) is 1.84. The first kappa shape index (κ1) is 12.3. The maximum absolute atomic E-state index is 8.34. The van der Waals surface area contributed by atoms with Gasteiger partial charge in [0.15, 0.2) is 0 Å². The fourth-order valence-electron chi connectivity index (χ4n) is 1.84. The van der Waals surface area contributed by atoms with E-state index in [4.69, 9.17) is 10.9 Å². The normalized spacial score (nSPS) is 20.7. The van der Waals surface area contributed by atoms with E-state index in [2.05, 4.69) is 22.4 Å². The molecule has 15 heavy (non-hydrogen) atoms. The third-order valence-electron chi connectivity index (χ3n) is 2.96. The summed E-state index contributed by atoms with van der Waals surface area (Å²) in [5, 5.41) is 14.6. The van der Waals surface area contributed by atoms with E-state index in [-0.39, 0.29) is 0 Å². The molecular formula is C10H22N4O. The Morgan fingerprint density at radius 3 is 2.80 bits per heavy atom. The van der Waals surface area contributed by atoms with Crippen molar-refractivity contribution < 1.29 is 5.21 Å². The highest BCUT2D eigenvalue weighted by molar-refractivity contribution is 5.79. The molecule has 5 nitrogen and oxygen atoms in total. The molecule has 0 aliphatic carbocycles. The number of hydrogen-bond acceptors (Lipinski definition) is 4. The molecule has 5 heteroatoms. The lowest BCUT2D eigenvalue weighted by Gasteiger charge is -2.29. The van der Waals surface area contributed by atoms with Crippen LogP contribution in [0.15, 0.2) is 5.16 Å². The highest BCUT2D eigenvalue weighted by atomic mass is 16.4. The molecule has 0 aromatic rings. The van der Waals surface area contributed by atoms with Gasteiger partial charge in [0.1, 0.15) is 5.84 Å². The Labute approximate surface area is 91.3 Å². The number of oxime groups is 1. The summed E-state index contributed by atoms with van der Waals surface area (Å²) in [7, 11) is 2.17. The summed E-state index contributed by atoms with van der Waals surface area (Å²) in [5.41, 5.74) is 5.36. The van der Waals surface area contributed by atoms with E-state index in [1.54, 1.807) is 0 Å². The Balaban J connectivity index is 2.01. The highest BCUT2D eigenvalue weighted by Gasteiger charge is 2.15. The lowest BCUT2D eigenvalue weighted by Crippen LogP contribution is -2.35. The molecule has 1 aliphatic rings. The summed E-state index contributed by atoms with van der Waals surface area (Å²) in [6, 6.07) is 0. The van der Waals surface area contributed by atoms with Crippen molar-refractivity contribution >= 4 is 5.84 Å². The molecule has 0 amide bonds. The maximum atomic E-state index is 8.34. The number of amidine groups is 1. The second kappa shape index (κ2) is 6.63. The van der Waals surface area contributed by atoms with Crippen molar-refractivity contribution in [3.8, 4) is 0 Å². The SMILES string of the molecule is CN1CCC(CNCCC(N)=NO)CC1. The van der Waals surface area contributed by atoms with Crippen molar-refractivity contribution in [2.75, 3.05) is 33.2 Å². The van der Waals surface area contributed by atoms with E-state index in [1.807, 2.05) is 0 Å². The number of likely N-dealkylation sites (tertiary alicyclic amines) is 1. The van der Waals surface area contributed by atoms with Crippen molar-refractivity contribution in [2.24, 2.45) is 16.8 Å². The number of nitrogens with one attached hydrogen (secondary N) is 1. The van der Waals surface area contributed by atoms with Crippen LogP contribution in [-0.4, -0.2) is 49.2 Å². The average Bonchev–Trinajstić information content (AvgIpc) is 2.26. The van der Waals surface area contributed by atoms with Crippen LogP contribution in [0.4, 0.5) is 0 Å². The largest absolute Gasteiger partial charge is 0.409 e. The van der Waals surface area contributed by atoms with Gasteiger partial charge in [-0.3, -0.25) is 0 Å². The standard InChI is InChI=1S/C10H22N4O/c1-14-6-3-9(4-7-14)8-12-5-2-10(11)13-15/h9,12,15H,2-8H2,1H3,(H2,11,13). The molecular weight excluding hydrogens is 192 g/mol. The third-order valence-corrected chi connectivity index (χ3v) is 2.96. The molecule has 1 heterocycles. The van der Waals surface area contributed by atoms with Crippen LogP contribution in [0.1, 0.15) is 19.3 Å². The first-order chi connectivity index (χ1) is 7.22. The summed E-state index contributed by atoms with van der Waals surface area (Å²) in [5.74, 6) is 1.08. The van der Waals surface area contributed by atoms with Gasteiger partial charge >= 0.3 is 0 Å². The molecule has 1 rings (SSSR count). The van der Waals surface area contributed by atoms with Crippen LogP contribution in [-0.2, 0) is 0 Å². The van der Waals surface area contributed by atoms with Gasteiger partial charge in [0.2, 0.25) is 0 Å². The minimum Gasteiger partial charge on any atom is -0.409 e. The molecule has 0 atom stereocenters. The van der Waals surface area contributed by atoms with E-state index < -0.39 is 0 Å². The van der Waals surface area contributed by atoms with Crippen LogP contribution >= 0.6 is 0 Å². The molecule has 1 aliphatic heterocycles. The molecule has 4 N–H and O–H groups in total. The van der Waals surface area contributed by atoms with E-state index in [9.17, 15) is 0 Å². The van der Waals surface area contributed by atoms with Crippen LogP contribution in [0.3, 0.4) is 0 Å². The minimum absolute atomic E-state index is 0.297. The smallest absolute Gasteiger partial charge is 0.140 e. The fraction of sp³-hybridized carbons (Fsp3) is 0.900. The van der Waals surface area contributed by atoms with Gasteiger partial charge in [0, 0.05) is 13.0 Å². The molecule has 0 unspecified atom stereocenters. The summed E-state index contributed by atoms with van der Waals surface area (Å²) < 4.78 is 0. The van der Waals surface area contributed by atoms with Crippen LogP contribution < -0.4 is 11.1 Å². The summed E-state index contributed by atoms with van der Waals surface area (Å²) in [6.07, 6.45) is 3.16. The average molecular weight is 214 g/mol. The van der Waals surface area contributed by atoms with Gasteiger partial charge in [-0.15, -0.1) is 0 Å². The lowest BCUT2D eigenvalue weighted by atomic mass is 9.97. The Bertz CT molecular complexity index is 200. The lowest BCUT2D eigenvalue weighted by molar-refractivity contribution is 0.216. The predicted molar refractivity (Wildman–Crippen MR) is 61.1 cm³/mol. The molecule has 0 spiro atoms. The first-order valence-electron chi connectivity index (χ1n) is 5.58. The van der Waals surface area contributed by atoms with Crippen molar-refractivity contribution in [2.45, 2.75) is 19.3 Å². The molecule has 0 bridgehead atoms. The number of hydrogen-bond donors (Lipinski definition) is 3. The Morgan fingerprint density at radius 1 is 1.53 bits per heavy atom. The van der Waals surface area contributed by atoms with Gasteiger partial charge in [-0.05, 0) is 45.4 Å². The molecule has 0 aromatic carbocycles. The Morgan fingerprint density at radius 2 is 2.20 bits per heavy atom. The van der Waals surface area contributed by atoms with Gasteiger partial charge in [-0.25, -0.2) is 0 Å². The van der Waals surface area contributed by atoms with Crippen LogP contribution in [0.25, 0.3) is 0 Å². The molecule has 1 fully saturated rings. The molecule has 1 saturated heterocycles. The van der Waals surface area contributed by atoms with Crippen LogP contribution in [0.5, 0.6) is 0 Å². The number of nitrogens with zero attached hydrogens (tertiary/aromatic N) is 2. The Hall–Kier alpha value is -0.810. The minimum atomic E-state index is 0.297. The summed E-state index contributed by atoms with van der Waals surface area (Å²) in [6.45, 7) is 4.24. The van der Waals surface area contributed by atoms with Gasteiger partial charge < -0.3 is 21.2 Å². The predicted octanol–water partition coefficient (Wildman–Crippen LogP) is 0.0543. The van der Waals surface area contributed by atoms with Gasteiger partial charge in [-0.1, -0.05) is 5.16 Å². The maximum Gasteiger partial charge on any atom is 0.140 e. The second-order valence-corrected chi connectivity index (χ2v) is 4.29. The van der Waals surface area contributed by atoms with Gasteiger partial charge in [0.05, 0.1) is 0 Å². The van der Waals surface area contributed by atoms with Gasteiger partial charge in [-0.2, -0.15) is 0 Å². The van der Waals surface area contributed by atoms with Crippen LogP contribution in [0, 0.1) is 5.92 Å². The molecule has 88 valence electrons. The zero-order chi connectivity index (χ0) is 11.1. The molecule has 0 radical (unpaired) electrons. The van der Waals surface area contributed by atoms with Crippen molar-refractivity contribution in [1.82, 2.24) is 10.2 Å². The second-order valence-electron chi connectivity index (χ2n) is 4.29. The molecule has 0 saturated carbocycles. The number of nitrogens with two attached hydrogens (primary N) is 1. The number of piperidine rings is 1. The topological polar surface area (TPSA) is 73.9 Å². The van der Waals surface area contributed by atoms with E-state index in [0.717, 1.165) is 19.0 Å². The van der Waals surface area contributed by atoms with E-state index >= 15 is 0 Å². The van der Waals surface area contributed by atoms with Crippen LogP contribution in [0.2, 0.25) is 0 Å². The number of rotatable bonds is 5. The van der Waals surface area contributed by atoms with Crippen molar-refractivity contribution in [1.29, 1.82) is 0 Å². The van der Waals surface area contributed by atoms with E-state index in [0.29, 0.717) is 12.3 Å². The highest BCUT2D eigenvalue weighted by Crippen LogP contribution is 2.14. The zero-order valence-corrected chi connectivity index (χ0v) is 9.45. The van der Waals surface area contributed by atoms with Crippen molar-refractivity contribution in [3.05, 3.63) is 0 Å². The quantitative estimate of drug-likeness (QED) is 0.199. The zero-order valence-electron chi connectivity index (χ0n) is 9.45. The summed E-state index contributed by atoms with van der Waals surface area (Å²) in [4.78, 5) is 2.37.